The number of Topliss-reactive ketones (excluding diaryl/α,β-unsaturated/α-hetero) is 1. The van der Waals surface area contributed by atoms with Crippen molar-refractivity contribution < 1.29 is 19.9 Å². The zero-order valence-electron chi connectivity index (χ0n) is 7.06. The highest BCUT2D eigenvalue weighted by Crippen LogP contribution is 2.28. The molecule has 13 heavy (non-hydrogen) atoms. The van der Waals surface area contributed by atoms with Gasteiger partial charge in [-0.1, -0.05) is 0 Å². The number of hydrogen-bond donors (Lipinski definition) is 3. The minimum Gasteiger partial charge on any atom is -0.479 e. The zero-order chi connectivity index (χ0) is 10.1. The molecule has 1 aliphatic rings. The topological polar surface area (TPSA) is 104 Å². The third kappa shape index (κ3) is 1.32. The third-order valence-electron chi connectivity index (χ3n) is 2.35. The summed E-state index contributed by atoms with van der Waals surface area (Å²) in [5.41, 5.74) is 3.29. The Bertz CT molecular complexity index is 243. The SMILES string of the molecule is NCC(=O)[C@@]1(C(=O)O)CCCN1O. The van der Waals surface area contributed by atoms with Crippen LogP contribution in [-0.2, 0) is 9.59 Å². The molecule has 0 aromatic carbocycles. The van der Waals surface area contributed by atoms with Gasteiger partial charge in [-0.25, -0.2) is 4.79 Å². The van der Waals surface area contributed by atoms with Crippen molar-refractivity contribution in [3.05, 3.63) is 0 Å². The van der Waals surface area contributed by atoms with E-state index in [9.17, 15) is 14.8 Å². The van der Waals surface area contributed by atoms with Crippen LogP contribution >= 0.6 is 0 Å². The number of carboxylic acid groups (broad SMARTS) is 1. The smallest absolute Gasteiger partial charge is 0.334 e. The molecule has 1 heterocycles. The number of carbonyl (C=O) groups is 2. The molecule has 0 unspecified atom stereocenters. The molecular weight excluding hydrogens is 176 g/mol. The van der Waals surface area contributed by atoms with Crippen molar-refractivity contribution in [2.75, 3.05) is 13.1 Å². The number of ketones is 1. The first-order chi connectivity index (χ1) is 6.05. The van der Waals surface area contributed by atoms with Crippen molar-refractivity contribution in [1.29, 1.82) is 0 Å². The molecule has 0 amide bonds. The van der Waals surface area contributed by atoms with Crippen molar-refractivity contribution in [1.82, 2.24) is 5.06 Å². The molecular formula is C7H12N2O4. The predicted molar refractivity (Wildman–Crippen MR) is 42.2 cm³/mol. The van der Waals surface area contributed by atoms with Crippen LogP contribution in [-0.4, -0.2) is 45.8 Å². The van der Waals surface area contributed by atoms with Gasteiger partial charge in [0.2, 0.25) is 5.54 Å². The Morgan fingerprint density at radius 1 is 1.54 bits per heavy atom. The molecule has 0 aromatic heterocycles. The Labute approximate surface area is 74.9 Å². The van der Waals surface area contributed by atoms with Crippen LogP contribution in [0.1, 0.15) is 12.8 Å². The second-order valence-corrected chi connectivity index (χ2v) is 3.02. The van der Waals surface area contributed by atoms with Gasteiger partial charge >= 0.3 is 5.97 Å². The van der Waals surface area contributed by atoms with Gasteiger partial charge in [-0.15, -0.1) is 0 Å². The first-order valence-electron chi connectivity index (χ1n) is 3.99. The number of nitrogens with two attached hydrogens (primary N) is 1. The minimum absolute atomic E-state index is 0.120. The molecule has 0 saturated carbocycles. The van der Waals surface area contributed by atoms with Crippen molar-refractivity contribution in [3.63, 3.8) is 0 Å². The van der Waals surface area contributed by atoms with E-state index >= 15 is 0 Å². The molecule has 1 fully saturated rings. The van der Waals surface area contributed by atoms with Crippen LogP contribution in [0.2, 0.25) is 0 Å². The van der Waals surface area contributed by atoms with E-state index in [4.69, 9.17) is 10.8 Å². The lowest BCUT2D eigenvalue weighted by molar-refractivity contribution is -0.187. The molecule has 6 nitrogen and oxygen atoms in total. The molecule has 1 rings (SSSR count). The minimum atomic E-state index is -1.80. The Hall–Kier alpha value is -0.980. The van der Waals surface area contributed by atoms with Crippen molar-refractivity contribution in [3.8, 4) is 0 Å². The maximum Gasteiger partial charge on any atom is 0.334 e. The largest absolute Gasteiger partial charge is 0.479 e. The molecule has 1 atom stereocenters. The van der Waals surface area contributed by atoms with Gasteiger partial charge in [0.05, 0.1) is 6.54 Å². The molecule has 0 aromatic rings. The van der Waals surface area contributed by atoms with Crippen molar-refractivity contribution in [2.45, 2.75) is 18.4 Å². The van der Waals surface area contributed by atoms with Crippen LogP contribution in [0.25, 0.3) is 0 Å². The van der Waals surface area contributed by atoms with Gasteiger partial charge in [0, 0.05) is 6.54 Å². The highest BCUT2D eigenvalue weighted by atomic mass is 16.5. The van der Waals surface area contributed by atoms with Gasteiger partial charge < -0.3 is 16.0 Å². The van der Waals surface area contributed by atoms with E-state index in [0.29, 0.717) is 11.5 Å². The molecule has 0 spiro atoms. The molecule has 1 saturated heterocycles. The van der Waals surface area contributed by atoms with Crippen LogP contribution in [0.5, 0.6) is 0 Å². The van der Waals surface area contributed by atoms with Gasteiger partial charge in [0.1, 0.15) is 0 Å². The predicted octanol–water partition coefficient (Wildman–Crippen LogP) is -1.18. The van der Waals surface area contributed by atoms with Gasteiger partial charge in [0.25, 0.3) is 0 Å². The number of hydrogen-bond acceptors (Lipinski definition) is 5. The van der Waals surface area contributed by atoms with Crippen LogP contribution in [0.4, 0.5) is 0 Å². The molecule has 6 heteroatoms. The Morgan fingerprint density at radius 3 is 2.46 bits per heavy atom. The normalized spacial score (nSPS) is 29.1. The van der Waals surface area contributed by atoms with E-state index in [-0.39, 0.29) is 19.5 Å². The van der Waals surface area contributed by atoms with E-state index < -0.39 is 17.3 Å². The summed E-state index contributed by atoms with van der Waals surface area (Å²) in [6.07, 6.45) is 0.601. The highest BCUT2D eigenvalue weighted by Gasteiger charge is 2.53. The monoisotopic (exact) mass is 188 g/mol. The Kier molecular flexibility index (Phi) is 2.65. The number of rotatable bonds is 3. The summed E-state index contributed by atoms with van der Waals surface area (Å²) >= 11 is 0. The summed E-state index contributed by atoms with van der Waals surface area (Å²) in [7, 11) is 0. The second kappa shape index (κ2) is 3.41. The lowest BCUT2D eigenvalue weighted by atomic mass is 9.92. The van der Waals surface area contributed by atoms with Crippen LogP contribution in [0.15, 0.2) is 0 Å². The average molecular weight is 188 g/mol. The maximum absolute atomic E-state index is 11.3. The van der Waals surface area contributed by atoms with Crippen LogP contribution < -0.4 is 5.73 Å². The number of hydroxylamine groups is 2. The summed E-state index contributed by atoms with van der Waals surface area (Å²) < 4.78 is 0. The summed E-state index contributed by atoms with van der Waals surface area (Å²) in [5.74, 6) is -1.98. The lowest BCUT2D eigenvalue weighted by Crippen LogP contribution is -2.57. The molecule has 0 bridgehead atoms. The Balaban J connectivity index is 3.00. The summed E-state index contributed by atoms with van der Waals surface area (Å²) in [6, 6.07) is 0. The fourth-order valence-corrected chi connectivity index (χ4v) is 1.59. The molecule has 4 N–H and O–H groups in total. The van der Waals surface area contributed by atoms with Crippen LogP contribution in [0, 0.1) is 0 Å². The summed E-state index contributed by atoms with van der Waals surface area (Å²) in [4.78, 5) is 22.1. The summed E-state index contributed by atoms with van der Waals surface area (Å²) in [5, 5.41) is 18.7. The van der Waals surface area contributed by atoms with Crippen molar-refractivity contribution in [2.24, 2.45) is 5.73 Å². The van der Waals surface area contributed by atoms with Gasteiger partial charge in [-0.05, 0) is 12.8 Å². The number of carbonyl (C=O) groups excluding carboxylic acids is 1. The second-order valence-electron chi connectivity index (χ2n) is 3.02. The number of carboxylic acids is 1. The van der Waals surface area contributed by atoms with E-state index in [1.54, 1.807) is 0 Å². The fraction of sp³-hybridized carbons (Fsp3) is 0.714. The van der Waals surface area contributed by atoms with E-state index in [2.05, 4.69) is 0 Å². The van der Waals surface area contributed by atoms with Crippen LogP contribution in [0.3, 0.4) is 0 Å². The first kappa shape index (κ1) is 10.1. The van der Waals surface area contributed by atoms with E-state index in [1.807, 2.05) is 0 Å². The first-order valence-corrected chi connectivity index (χ1v) is 3.99. The van der Waals surface area contributed by atoms with Gasteiger partial charge in [0.15, 0.2) is 5.78 Å². The number of aliphatic carboxylic acids is 1. The maximum atomic E-state index is 11.3. The lowest BCUT2D eigenvalue weighted by Gasteiger charge is -2.27. The average Bonchev–Trinajstić information content (AvgIpc) is 2.47. The molecule has 74 valence electrons. The quantitative estimate of drug-likeness (QED) is 0.482. The van der Waals surface area contributed by atoms with Gasteiger partial charge in [-0.2, -0.15) is 5.06 Å². The Morgan fingerprint density at radius 2 is 2.15 bits per heavy atom. The van der Waals surface area contributed by atoms with E-state index in [0.717, 1.165) is 0 Å². The van der Waals surface area contributed by atoms with Gasteiger partial charge in [-0.3, -0.25) is 4.79 Å². The molecule has 0 radical (unpaired) electrons. The molecule has 0 aliphatic carbocycles. The zero-order valence-corrected chi connectivity index (χ0v) is 7.06. The standard InChI is InChI=1S/C7H12N2O4/c8-4-5(10)7(6(11)12)2-1-3-9(7)13/h13H,1-4,8H2,(H,11,12)/t7-/m1/s1. The molecule has 1 aliphatic heterocycles. The highest BCUT2D eigenvalue weighted by molar-refractivity contribution is 6.08. The summed E-state index contributed by atoms with van der Waals surface area (Å²) in [6.45, 7) is -0.179. The van der Waals surface area contributed by atoms with Crippen molar-refractivity contribution >= 4 is 11.8 Å². The van der Waals surface area contributed by atoms with E-state index in [1.165, 1.54) is 0 Å². The fourth-order valence-electron chi connectivity index (χ4n) is 1.59. The third-order valence-corrected chi connectivity index (χ3v) is 2.35. The number of nitrogens with zero attached hydrogens (tertiary/aromatic N) is 1.